The molecule has 5 heterocycles. The first kappa shape index (κ1) is 31.4. The Labute approximate surface area is 289 Å². The maximum absolute atomic E-state index is 14.2. The van der Waals surface area contributed by atoms with Crippen LogP contribution in [0.5, 0.6) is 0 Å². The highest BCUT2D eigenvalue weighted by Crippen LogP contribution is 2.43. The molecule has 2 saturated heterocycles. The van der Waals surface area contributed by atoms with Gasteiger partial charge in [0.2, 0.25) is 0 Å². The third kappa shape index (κ3) is 6.13. The van der Waals surface area contributed by atoms with Crippen LogP contribution in [0.25, 0.3) is 0 Å². The standard InChI is InChI=1S/C38H38N6O4S/c1-23-19-28(34(39-20-23)43-21-38(22-43)15-17-48-18-16-38)35(45)40-26-9-7-25(8-10-26)37(47)44-24(2)33(42-29-5-3-4-6-30(29)44)31-13-14-32(49-31)36(46)41-27-11-12-27/h3-10,13-14,19-20,24,27H,11-12,15-18,21-22H2,1-2H3,(H,40,45)(H,41,46)/t24-/m1/s1. The predicted octanol–water partition coefficient (Wildman–Crippen LogP) is 6.38. The fourth-order valence-corrected chi connectivity index (χ4v) is 7.97. The van der Waals surface area contributed by atoms with E-state index in [1.54, 1.807) is 35.4 Å². The molecular weight excluding hydrogens is 637 g/mol. The number of nitrogens with zero attached hydrogens (tertiary/aromatic N) is 4. The Bertz CT molecular complexity index is 1970. The van der Waals surface area contributed by atoms with Crippen LogP contribution in [-0.4, -0.2) is 66.8 Å². The molecule has 8 rings (SSSR count). The molecule has 49 heavy (non-hydrogen) atoms. The molecule has 0 unspecified atom stereocenters. The van der Waals surface area contributed by atoms with Crippen LogP contribution < -0.4 is 20.4 Å². The van der Waals surface area contributed by atoms with Gasteiger partial charge in [-0.15, -0.1) is 11.3 Å². The number of hydrogen-bond donors (Lipinski definition) is 2. The molecule has 4 aliphatic rings. The number of hydrogen-bond acceptors (Lipinski definition) is 8. The lowest BCUT2D eigenvalue weighted by Crippen LogP contribution is -2.59. The Hall–Kier alpha value is -4.87. The molecule has 4 aromatic rings. The average Bonchev–Trinajstić information content (AvgIpc) is 3.78. The van der Waals surface area contributed by atoms with E-state index in [1.165, 1.54) is 11.3 Å². The fourth-order valence-electron chi connectivity index (χ4n) is 6.99. The second kappa shape index (κ2) is 12.5. The van der Waals surface area contributed by atoms with Crippen molar-refractivity contribution < 1.29 is 19.1 Å². The SMILES string of the molecule is Cc1cnc(N2CC3(CCOCC3)C2)c(C(=O)Nc2ccc(C(=O)N3c4ccccc4N=C(c4ccc(C(=O)NC5CC5)s4)[C@H]3C)cc2)c1. The summed E-state index contributed by atoms with van der Waals surface area (Å²) in [4.78, 5) is 55.5. The first-order valence-corrected chi connectivity index (χ1v) is 17.7. The van der Waals surface area contributed by atoms with E-state index in [9.17, 15) is 14.4 Å². The number of thiophene rings is 1. The number of para-hydroxylation sites is 2. The summed E-state index contributed by atoms with van der Waals surface area (Å²) >= 11 is 1.39. The molecule has 3 fully saturated rings. The number of pyridine rings is 1. The minimum absolute atomic E-state index is 0.0675. The molecule has 10 nitrogen and oxygen atoms in total. The second-order valence-corrected chi connectivity index (χ2v) is 14.7. The molecule has 3 aliphatic heterocycles. The molecule has 1 atom stereocenters. The highest BCUT2D eigenvalue weighted by atomic mass is 32.1. The maximum Gasteiger partial charge on any atom is 0.261 e. The van der Waals surface area contributed by atoms with Gasteiger partial charge in [0.25, 0.3) is 17.7 Å². The number of nitrogens with one attached hydrogen (secondary N) is 2. The number of aromatic nitrogens is 1. The Kier molecular flexibility index (Phi) is 8.04. The number of aliphatic imine (C=N–C) groups is 1. The third-order valence-electron chi connectivity index (χ3n) is 9.92. The molecule has 1 saturated carbocycles. The van der Waals surface area contributed by atoms with Crippen LogP contribution in [0.1, 0.15) is 73.4 Å². The first-order chi connectivity index (χ1) is 23.8. The quantitative estimate of drug-likeness (QED) is 0.235. The van der Waals surface area contributed by atoms with Crippen molar-refractivity contribution in [3.63, 3.8) is 0 Å². The van der Waals surface area contributed by atoms with E-state index in [4.69, 9.17) is 9.73 Å². The molecule has 2 aromatic carbocycles. The second-order valence-electron chi connectivity index (χ2n) is 13.6. The van der Waals surface area contributed by atoms with Crippen molar-refractivity contribution in [1.29, 1.82) is 0 Å². The zero-order chi connectivity index (χ0) is 33.7. The maximum atomic E-state index is 14.2. The van der Waals surface area contributed by atoms with Gasteiger partial charge in [-0.1, -0.05) is 12.1 Å². The minimum Gasteiger partial charge on any atom is -0.381 e. The lowest BCUT2D eigenvalue weighted by atomic mass is 9.73. The van der Waals surface area contributed by atoms with E-state index in [2.05, 4.69) is 20.5 Å². The molecule has 2 aromatic heterocycles. The summed E-state index contributed by atoms with van der Waals surface area (Å²) in [6.07, 6.45) is 5.92. The van der Waals surface area contributed by atoms with Crippen molar-refractivity contribution in [1.82, 2.24) is 10.3 Å². The Morgan fingerprint density at radius 3 is 2.47 bits per heavy atom. The number of carbonyl (C=O) groups is 3. The largest absolute Gasteiger partial charge is 0.381 e. The number of amides is 3. The number of carbonyl (C=O) groups excluding carboxylic acids is 3. The van der Waals surface area contributed by atoms with E-state index >= 15 is 0 Å². The van der Waals surface area contributed by atoms with Gasteiger partial charge in [0.05, 0.1) is 38.4 Å². The molecule has 11 heteroatoms. The van der Waals surface area contributed by atoms with Crippen LogP contribution in [-0.2, 0) is 4.74 Å². The van der Waals surface area contributed by atoms with E-state index in [-0.39, 0.29) is 35.2 Å². The lowest BCUT2D eigenvalue weighted by Gasteiger charge is -2.53. The fraction of sp³-hybridized carbons (Fsp3) is 0.342. The summed E-state index contributed by atoms with van der Waals surface area (Å²) in [5, 5.41) is 6.07. The Morgan fingerprint density at radius 2 is 1.71 bits per heavy atom. The van der Waals surface area contributed by atoms with Gasteiger partial charge in [0.15, 0.2) is 0 Å². The van der Waals surface area contributed by atoms with Crippen LogP contribution in [0.2, 0.25) is 0 Å². The van der Waals surface area contributed by atoms with Crippen LogP contribution >= 0.6 is 11.3 Å². The molecule has 250 valence electrons. The normalized spacial score (nSPS) is 19.5. The number of ether oxygens (including phenoxy) is 1. The van der Waals surface area contributed by atoms with E-state index in [0.29, 0.717) is 33.2 Å². The third-order valence-corrected chi connectivity index (χ3v) is 11.0. The van der Waals surface area contributed by atoms with Crippen molar-refractivity contribution >= 4 is 57.7 Å². The summed E-state index contributed by atoms with van der Waals surface area (Å²) in [5.74, 6) is 0.211. The van der Waals surface area contributed by atoms with Crippen molar-refractivity contribution in [2.24, 2.45) is 10.4 Å². The van der Waals surface area contributed by atoms with Gasteiger partial charge in [-0.3, -0.25) is 19.3 Å². The molecular formula is C38H38N6O4S. The van der Waals surface area contributed by atoms with Crippen molar-refractivity contribution in [2.75, 3.05) is 41.4 Å². The summed E-state index contributed by atoms with van der Waals surface area (Å²) in [5.41, 5.74) is 4.91. The van der Waals surface area contributed by atoms with Gasteiger partial charge in [0, 0.05) is 55.2 Å². The van der Waals surface area contributed by atoms with Crippen LogP contribution in [0.15, 0.2) is 77.9 Å². The lowest BCUT2D eigenvalue weighted by molar-refractivity contribution is -0.000511. The Balaban J connectivity index is 0.992. The summed E-state index contributed by atoms with van der Waals surface area (Å²) in [6.45, 7) is 7.21. The average molecular weight is 675 g/mol. The van der Waals surface area contributed by atoms with Crippen molar-refractivity contribution in [2.45, 2.75) is 51.6 Å². The Morgan fingerprint density at radius 1 is 0.959 bits per heavy atom. The van der Waals surface area contributed by atoms with Gasteiger partial charge >= 0.3 is 0 Å². The van der Waals surface area contributed by atoms with Gasteiger partial charge in [-0.05, 0) is 99.7 Å². The summed E-state index contributed by atoms with van der Waals surface area (Å²) < 4.78 is 5.57. The molecule has 0 radical (unpaired) electrons. The molecule has 3 amide bonds. The predicted molar refractivity (Wildman–Crippen MR) is 192 cm³/mol. The molecule has 1 aliphatic carbocycles. The number of aryl methyl sites for hydroxylation is 1. The van der Waals surface area contributed by atoms with E-state index < -0.39 is 0 Å². The van der Waals surface area contributed by atoms with Crippen LogP contribution in [0.3, 0.4) is 0 Å². The number of benzene rings is 2. The summed E-state index contributed by atoms with van der Waals surface area (Å²) in [6, 6.07) is 20.1. The molecule has 1 spiro atoms. The van der Waals surface area contributed by atoms with Gasteiger partial charge in [0.1, 0.15) is 5.82 Å². The van der Waals surface area contributed by atoms with Crippen molar-refractivity contribution in [3.05, 3.63) is 99.4 Å². The zero-order valence-electron chi connectivity index (χ0n) is 27.6. The van der Waals surface area contributed by atoms with E-state index in [0.717, 1.165) is 73.8 Å². The topological polar surface area (TPSA) is 116 Å². The number of anilines is 3. The molecule has 0 bridgehead atoms. The van der Waals surface area contributed by atoms with Crippen LogP contribution in [0, 0.1) is 12.3 Å². The minimum atomic E-state index is -0.381. The monoisotopic (exact) mass is 674 g/mol. The number of fused-ring (bicyclic) bond motifs is 1. The first-order valence-electron chi connectivity index (χ1n) is 16.9. The highest BCUT2D eigenvalue weighted by molar-refractivity contribution is 7.16. The highest BCUT2D eigenvalue weighted by Gasteiger charge is 2.45. The van der Waals surface area contributed by atoms with Gasteiger partial charge in [-0.25, -0.2) is 9.98 Å². The van der Waals surface area contributed by atoms with Gasteiger partial charge < -0.3 is 20.3 Å². The van der Waals surface area contributed by atoms with Gasteiger partial charge in [-0.2, -0.15) is 0 Å². The molecule has 2 N–H and O–H groups in total. The number of rotatable bonds is 7. The zero-order valence-corrected chi connectivity index (χ0v) is 28.4. The van der Waals surface area contributed by atoms with Crippen molar-refractivity contribution in [3.8, 4) is 0 Å². The summed E-state index contributed by atoms with van der Waals surface area (Å²) in [7, 11) is 0. The van der Waals surface area contributed by atoms with E-state index in [1.807, 2.05) is 56.3 Å². The smallest absolute Gasteiger partial charge is 0.261 e. The van der Waals surface area contributed by atoms with Crippen LogP contribution in [0.4, 0.5) is 22.9 Å².